The highest BCUT2D eigenvalue weighted by Crippen LogP contribution is 2.24. The maximum absolute atomic E-state index is 12.0. The number of ether oxygens (including phenoxy) is 1. The number of nitrogens with two attached hydrogens (primary N) is 1. The van der Waals surface area contributed by atoms with Crippen molar-refractivity contribution in [2.75, 3.05) is 12.4 Å². The second-order valence-corrected chi connectivity index (χ2v) is 5.54. The molecule has 0 spiro atoms. The molecule has 1 heterocycles. The minimum atomic E-state index is -0.587. The monoisotopic (exact) mass is 335 g/mol. The molecule has 2 atom stereocenters. The Morgan fingerprint density at radius 1 is 1.43 bits per heavy atom. The fourth-order valence-electron chi connectivity index (χ4n) is 1.60. The number of halogens is 1. The molecule has 0 aliphatic heterocycles. The molecule has 8 heteroatoms. The molecule has 0 saturated heterocycles. The molecule has 0 bridgehead atoms. The number of anilines is 1. The highest BCUT2D eigenvalue weighted by Gasteiger charge is 2.23. The summed E-state index contributed by atoms with van der Waals surface area (Å²) in [5.74, 6) is -0.640. The lowest BCUT2D eigenvalue weighted by Gasteiger charge is -2.16. The van der Waals surface area contributed by atoms with Gasteiger partial charge in [-0.25, -0.2) is 9.78 Å². The second kappa shape index (κ2) is 8.96. The Hall–Kier alpha value is -1.18. The van der Waals surface area contributed by atoms with Gasteiger partial charge in [0.05, 0.1) is 18.8 Å². The van der Waals surface area contributed by atoms with Crippen LogP contribution in [0.4, 0.5) is 5.13 Å². The molecule has 1 aromatic rings. The Morgan fingerprint density at radius 3 is 2.52 bits per heavy atom. The minimum absolute atomic E-state index is 0. The molecule has 1 rings (SSSR count). The van der Waals surface area contributed by atoms with Gasteiger partial charge in [0.15, 0.2) is 5.13 Å². The summed E-state index contributed by atoms with van der Waals surface area (Å²) in [6.45, 7) is 5.78. The Labute approximate surface area is 134 Å². The molecule has 2 unspecified atom stereocenters. The van der Waals surface area contributed by atoms with Gasteiger partial charge in [-0.05, 0) is 12.3 Å². The van der Waals surface area contributed by atoms with Crippen molar-refractivity contribution in [2.45, 2.75) is 39.7 Å². The maximum atomic E-state index is 12.0. The van der Waals surface area contributed by atoms with Crippen LogP contribution < -0.4 is 11.1 Å². The molecule has 21 heavy (non-hydrogen) atoms. The van der Waals surface area contributed by atoms with Crippen LogP contribution in [0, 0.1) is 5.92 Å². The lowest BCUT2D eigenvalue weighted by molar-refractivity contribution is -0.118. The van der Waals surface area contributed by atoms with Crippen molar-refractivity contribution in [3.63, 3.8) is 0 Å². The first kappa shape index (κ1) is 19.8. The third-order valence-electron chi connectivity index (χ3n) is 3.19. The van der Waals surface area contributed by atoms with Crippen LogP contribution in [-0.2, 0) is 16.0 Å². The van der Waals surface area contributed by atoms with E-state index < -0.39 is 12.0 Å². The van der Waals surface area contributed by atoms with E-state index >= 15 is 0 Å². The molecule has 120 valence electrons. The van der Waals surface area contributed by atoms with E-state index in [1.165, 1.54) is 7.11 Å². The Kier molecular flexibility index (Phi) is 8.46. The highest BCUT2D eigenvalue weighted by atomic mass is 35.5. The van der Waals surface area contributed by atoms with Crippen LogP contribution in [0.5, 0.6) is 0 Å². The smallest absolute Gasteiger partial charge is 0.350 e. The van der Waals surface area contributed by atoms with Gasteiger partial charge >= 0.3 is 5.97 Å². The molecule has 1 aromatic heterocycles. The van der Waals surface area contributed by atoms with Crippen molar-refractivity contribution in [2.24, 2.45) is 11.7 Å². The molecular weight excluding hydrogens is 314 g/mol. The summed E-state index contributed by atoms with van der Waals surface area (Å²) in [5, 5.41) is 3.05. The van der Waals surface area contributed by atoms with E-state index in [1.807, 2.05) is 20.8 Å². The number of nitrogens with one attached hydrogen (secondary N) is 1. The zero-order valence-electron chi connectivity index (χ0n) is 12.6. The molecular formula is C13H22ClN3O3S. The Balaban J connectivity index is 0.00000400. The summed E-state index contributed by atoms with van der Waals surface area (Å²) in [4.78, 5) is 28.2. The molecule has 0 saturated carbocycles. The summed E-state index contributed by atoms with van der Waals surface area (Å²) in [5.41, 5.74) is 6.48. The normalized spacial score (nSPS) is 13.0. The predicted molar refractivity (Wildman–Crippen MR) is 86.1 cm³/mol. The number of hydrogen-bond donors (Lipinski definition) is 2. The van der Waals surface area contributed by atoms with Crippen LogP contribution in [0.25, 0.3) is 0 Å². The third-order valence-corrected chi connectivity index (χ3v) is 4.19. The Morgan fingerprint density at radius 2 is 2.05 bits per heavy atom. The molecule has 6 nitrogen and oxygen atoms in total. The average molecular weight is 336 g/mol. The number of thiazole rings is 1. The maximum Gasteiger partial charge on any atom is 0.350 e. The van der Waals surface area contributed by atoms with Gasteiger partial charge in [-0.1, -0.05) is 38.5 Å². The molecule has 3 N–H and O–H groups in total. The molecule has 1 amide bonds. The molecule has 0 radical (unpaired) electrons. The number of nitrogens with zero attached hydrogens (tertiary/aromatic N) is 1. The average Bonchev–Trinajstić information content (AvgIpc) is 2.87. The second-order valence-electron chi connectivity index (χ2n) is 4.54. The largest absolute Gasteiger partial charge is 0.465 e. The lowest BCUT2D eigenvalue weighted by atomic mass is 10.00. The number of esters is 1. The third kappa shape index (κ3) is 4.94. The number of aromatic nitrogens is 1. The van der Waals surface area contributed by atoms with Gasteiger partial charge in [0.2, 0.25) is 5.91 Å². The van der Waals surface area contributed by atoms with E-state index in [9.17, 15) is 9.59 Å². The van der Waals surface area contributed by atoms with E-state index in [1.54, 1.807) is 0 Å². The summed E-state index contributed by atoms with van der Waals surface area (Å²) < 4.78 is 4.69. The first-order chi connectivity index (χ1) is 9.44. The van der Waals surface area contributed by atoms with E-state index in [4.69, 9.17) is 10.5 Å². The summed E-state index contributed by atoms with van der Waals surface area (Å²) in [7, 11) is 1.32. The van der Waals surface area contributed by atoms with Gasteiger partial charge < -0.3 is 15.8 Å². The molecule has 0 aromatic carbocycles. The molecule has 0 aliphatic rings. The van der Waals surface area contributed by atoms with E-state index in [0.717, 1.165) is 17.8 Å². The van der Waals surface area contributed by atoms with Crippen molar-refractivity contribution in [3.05, 3.63) is 10.6 Å². The topological polar surface area (TPSA) is 94.3 Å². The number of aryl methyl sites for hydroxylation is 1. The fourth-order valence-corrected chi connectivity index (χ4v) is 2.57. The molecule has 0 fully saturated rings. The predicted octanol–water partition coefficient (Wildman–Crippen LogP) is 2.23. The van der Waals surface area contributed by atoms with Crippen molar-refractivity contribution in [1.82, 2.24) is 4.98 Å². The lowest BCUT2D eigenvalue weighted by Crippen LogP contribution is -2.40. The minimum Gasteiger partial charge on any atom is -0.465 e. The van der Waals surface area contributed by atoms with Gasteiger partial charge in [0.25, 0.3) is 0 Å². The highest BCUT2D eigenvalue weighted by molar-refractivity contribution is 7.17. The number of amides is 1. The number of hydrogen-bond acceptors (Lipinski definition) is 6. The van der Waals surface area contributed by atoms with Crippen LogP contribution >= 0.6 is 23.7 Å². The van der Waals surface area contributed by atoms with Crippen LogP contribution in [-0.4, -0.2) is 30.0 Å². The van der Waals surface area contributed by atoms with Gasteiger partial charge in [-0.15, -0.1) is 12.4 Å². The number of methoxy groups -OCH3 is 1. The zero-order chi connectivity index (χ0) is 15.3. The fraction of sp³-hybridized carbons (Fsp3) is 0.615. The van der Waals surface area contributed by atoms with Crippen molar-refractivity contribution < 1.29 is 14.3 Å². The SMILES string of the molecule is CCc1nc(NC(=O)C(N)C(C)CC)sc1C(=O)OC.Cl. The number of carbonyl (C=O) groups excluding carboxylic acids is 2. The van der Waals surface area contributed by atoms with Gasteiger partial charge in [-0.3, -0.25) is 4.79 Å². The molecule has 0 aliphatic carbocycles. The summed E-state index contributed by atoms with van der Waals surface area (Å²) >= 11 is 1.11. The standard InChI is InChI=1S/C13H21N3O3S.ClH/c1-5-7(3)9(14)11(17)16-13-15-8(6-2)10(20-13)12(18)19-4;/h7,9H,5-6,14H2,1-4H3,(H,15,16,17);1H. The van der Waals surface area contributed by atoms with Crippen LogP contribution in [0.3, 0.4) is 0 Å². The van der Waals surface area contributed by atoms with Gasteiger partial charge in [-0.2, -0.15) is 0 Å². The van der Waals surface area contributed by atoms with E-state index in [0.29, 0.717) is 22.1 Å². The van der Waals surface area contributed by atoms with Crippen molar-refractivity contribution >= 4 is 40.8 Å². The van der Waals surface area contributed by atoms with Gasteiger partial charge in [0.1, 0.15) is 4.88 Å². The van der Waals surface area contributed by atoms with Crippen LogP contribution in [0.1, 0.15) is 42.6 Å². The Bertz CT molecular complexity index is 493. The first-order valence-corrected chi connectivity index (χ1v) is 7.40. The zero-order valence-corrected chi connectivity index (χ0v) is 14.3. The summed E-state index contributed by atoms with van der Waals surface area (Å²) in [6, 6.07) is -0.587. The number of carbonyl (C=O) groups is 2. The van der Waals surface area contributed by atoms with E-state index in [2.05, 4.69) is 10.3 Å². The van der Waals surface area contributed by atoms with Crippen LogP contribution in [0.15, 0.2) is 0 Å². The van der Waals surface area contributed by atoms with Crippen LogP contribution in [0.2, 0.25) is 0 Å². The van der Waals surface area contributed by atoms with E-state index in [-0.39, 0.29) is 24.2 Å². The quantitative estimate of drug-likeness (QED) is 0.777. The first-order valence-electron chi connectivity index (χ1n) is 6.58. The number of rotatable bonds is 6. The van der Waals surface area contributed by atoms with Crippen molar-refractivity contribution in [1.29, 1.82) is 0 Å². The van der Waals surface area contributed by atoms with Gasteiger partial charge in [0, 0.05) is 0 Å². The van der Waals surface area contributed by atoms with Crippen molar-refractivity contribution in [3.8, 4) is 0 Å². The summed E-state index contributed by atoms with van der Waals surface area (Å²) in [6.07, 6.45) is 1.41.